The SMILES string of the molecule is COCCCCOc1cc(CN2CCCC2)ccc1C(=O)O. The van der Waals surface area contributed by atoms with Crippen molar-refractivity contribution < 1.29 is 19.4 Å². The van der Waals surface area contributed by atoms with Gasteiger partial charge in [0.25, 0.3) is 0 Å². The van der Waals surface area contributed by atoms with E-state index in [0.717, 1.165) is 38.0 Å². The average molecular weight is 307 g/mol. The molecule has 22 heavy (non-hydrogen) atoms. The fourth-order valence-corrected chi connectivity index (χ4v) is 2.69. The standard InChI is InChI=1S/C17H25NO4/c1-21-10-4-5-11-22-16-12-14(6-7-15(16)17(19)20)13-18-8-2-3-9-18/h6-7,12H,2-5,8-11,13H2,1H3,(H,19,20). The number of rotatable bonds is 9. The number of carboxylic acid groups (broad SMARTS) is 1. The van der Waals surface area contributed by atoms with Crippen molar-refractivity contribution in [2.75, 3.05) is 33.4 Å². The van der Waals surface area contributed by atoms with Crippen LogP contribution in [0.25, 0.3) is 0 Å². The summed E-state index contributed by atoms with van der Waals surface area (Å²) in [5, 5.41) is 9.27. The van der Waals surface area contributed by atoms with E-state index in [1.54, 1.807) is 13.2 Å². The second-order valence-electron chi connectivity index (χ2n) is 5.67. The van der Waals surface area contributed by atoms with Gasteiger partial charge in [-0.25, -0.2) is 4.79 Å². The van der Waals surface area contributed by atoms with Gasteiger partial charge in [0.05, 0.1) is 6.61 Å². The fourth-order valence-electron chi connectivity index (χ4n) is 2.69. The minimum absolute atomic E-state index is 0.233. The van der Waals surface area contributed by atoms with Crippen LogP contribution in [0.2, 0.25) is 0 Å². The maximum atomic E-state index is 11.3. The molecule has 2 rings (SSSR count). The van der Waals surface area contributed by atoms with Gasteiger partial charge in [0.2, 0.25) is 0 Å². The third-order valence-electron chi connectivity index (χ3n) is 3.88. The Kier molecular flexibility index (Phi) is 6.68. The fraction of sp³-hybridized carbons (Fsp3) is 0.588. The van der Waals surface area contributed by atoms with Crippen LogP contribution in [0.3, 0.4) is 0 Å². The Bertz CT molecular complexity index is 484. The highest BCUT2D eigenvalue weighted by atomic mass is 16.5. The normalized spacial score (nSPS) is 15.1. The van der Waals surface area contributed by atoms with Crippen LogP contribution in [0.4, 0.5) is 0 Å². The summed E-state index contributed by atoms with van der Waals surface area (Å²) in [6, 6.07) is 5.41. The second kappa shape index (κ2) is 8.76. The van der Waals surface area contributed by atoms with Crippen LogP contribution in [0.1, 0.15) is 41.6 Å². The molecule has 1 fully saturated rings. The number of carboxylic acids is 1. The maximum absolute atomic E-state index is 11.3. The molecule has 0 atom stereocenters. The third kappa shape index (κ3) is 5.00. The Balaban J connectivity index is 1.98. The van der Waals surface area contributed by atoms with Gasteiger partial charge in [-0.05, 0) is 56.5 Å². The Labute approximate surface area is 131 Å². The van der Waals surface area contributed by atoms with Crippen LogP contribution >= 0.6 is 0 Å². The number of ether oxygens (including phenoxy) is 2. The van der Waals surface area contributed by atoms with Crippen LogP contribution < -0.4 is 4.74 Å². The molecule has 5 heteroatoms. The van der Waals surface area contributed by atoms with Gasteiger partial charge in [0.1, 0.15) is 11.3 Å². The summed E-state index contributed by atoms with van der Waals surface area (Å²) in [6.45, 7) is 4.31. The summed E-state index contributed by atoms with van der Waals surface area (Å²) in [6.07, 6.45) is 4.25. The Morgan fingerprint density at radius 1 is 1.23 bits per heavy atom. The number of carbonyl (C=O) groups is 1. The lowest BCUT2D eigenvalue weighted by molar-refractivity contribution is 0.0692. The number of likely N-dealkylation sites (tertiary alicyclic amines) is 1. The van der Waals surface area contributed by atoms with E-state index >= 15 is 0 Å². The highest BCUT2D eigenvalue weighted by Gasteiger charge is 2.15. The zero-order valence-corrected chi connectivity index (χ0v) is 13.2. The molecule has 0 bridgehead atoms. The first-order valence-electron chi connectivity index (χ1n) is 7.91. The first-order valence-corrected chi connectivity index (χ1v) is 7.91. The van der Waals surface area contributed by atoms with Crippen molar-refractivity contribution in [2.24, 2.45) is 0 Å². The highest BCUT2D eigenvalue weighted by molar-refractivity contribution is 5.91. The topological polar surface area (TPSA) is 59.0 Å². The van der Waals surface area contributed by atoms with E-state index < -0.39 is 5.97 Å². The summed E-state index contributed by atoms with van der Waals surface area (Å²) >= 11 is 0. The van der Waals surface area contributed by atoms with Gasteiger partial charge >= 0.3 is 5.97 Å². The number of hydrogen-bond donors (Lipinski definition) is 1. The predicted molar refractivity (Wildman–Crippen MR) is 84.5 cm³/mol. The molecule has 0 amide bonds. The summed E-state index contributed by atoms with van der Waals surface area (Å²) < 4.78 is 10.7. The molecule has 122 valence electrons. The van der Waals surface area contributed by atoms with Crippen LogP contribution in [-0.4, -0.2) is 49.4 Å². The van der Waals surface area contributed by atoms with Crippen LogP contribution in [0.15, 0.2) is 18.2 Å². The van der Waals surface area contributed by atoms with Crippen molar-refractivity contribution in [3.05, 3.63) is 29.3 Å². The summed E-state index contributed by atoms with van der Waals surface area (Å²) in [7, 11) is 1.67. The van der Waals surface area contributed by atoms with Gasteiger partial charge in [-0.2, -0.15) is 0 Å². The lowest BCUT2D eigenvalue weighted by Gasteiger charge is -2.16. The molecule has 1 saturated heterocycles. The number of unbranched alkanes of at least 4 members (excludes halogenated alkanes) is 1. The minimum Gasteiger partial charge on any atom is -0.493 e. The molecule has 1 aromatic carbocycles. The van der Waals surface area contributed by atoms with E-state index in [9.17, 15) is 9.90 Å². The summed E-state index contributed by atoms with van der Waals surface area (Å²) in [4.78, 5) is 13.7. The molecular weight excluding hydrogens is 282 g/mol. The van der Waals surface area contributed by atoms with Crippen molar-refractivity contribution >= 4 is 5.97 Å². The molecule has 5 nitrogen and oxygen atoms in total. The van der Waals surface area contributed by atoms with Gasteiger partial charge in [0, 0.05) is 20.3 Å². The zero-order valence-electron chi connectivity index (χ0n) is 13.2. The molecule has 0 saturated carbocycles. The first-order chi connectivity index (χ1) is 10.7. The van der Waals surface area contributed by atoms with Crippen LogP contribution in [0, 0.1) is 0 Å². The minimum atomic E-state index is -0.945. The number of hydrogen-bond acceptors (Lipinski definition) is 4. The molecule has 1 aliphatic rings. The average Bonchev–Trinajstić information content (AvgIpc) is 3.00. The van der Waals surface area contributed by atoms with E-state index in [1.165, 1.54) is 12.8 Å². The number of methoxy groups -OCH3 is 1. The van der Waals surface area contributed by atoms with E-state index in [1.807, 2.05) is 12.1 Å². The molecule has 0 aromatic heterocycles. The Hall–Kier alpha value is -1.59. The lowest BCUT2D eigenvalue weighted by Crippen LogP contribution is -2.18. The third-order valence-corrected chi connectivity index (χ3v) is 3.88. The number of aromatic carboxylic acids is 1. The molecular formula is C17H25NO4. The largest absolute Gasteiger partial charge is 0.493 e. The zero-order chi connectivity index (χ0) is 15.8. The van der Waals surface area contributed by atoms with Gasteiger partial charge in [-0.15, -0.1) is 0 Å². The van der Waals surface area contributed by atoms with Gasteiger partial charge in [-0.1, -0.05) is 6.07 Å². The van der Waals surface area contributed by atoms with Crippen molar-refractivity contribution in [1.82, 2.24) is 4.90 Å². The van der Waals surface area contributed by atoms with E-state index in [2.05, 4.69) is 4.90 Å². The van der Waals surface area contributed by atoms with E-state index in [-0.39, 0.29) is 5.56 Å². The number of nitrogens with zero attached hydrogens (tertiary/aromatic N) is 1. The van der Waals surface area contributed by atoms with Crippen molar-refractivity contribution in [3.8, 4) is 5.75 Å². The second-order valence-corrected chi connectivity index (χ2v) is 5.67. The summed E-state index contributed by atoms with van der Waals surface area (Å²) in [5.74, 6) is -0.471. The molecule has 0 spiro atoms. The summed E-state index contributed by atoms with van der Waals surface area (Å²) in [5.41, 5.74) is 1.34. The van der Waals surface area contributed by atoms with Crippen molar-refractivity contribution in [3.63, 3.8) is 0 Å². The molecule has 1 heterocycles. The Morgan fingerprint density at radius 3 is 2.64 bits per heavy atom. The molecule has 0 radical (unpaired) electrons. The monoisotopic (exact) mass is 307 g/mol. The lowest BCUT2D eigenvalue weighted by atomic mass is 10.1. The van der Waals surface area contributed by atoms with Crippen LogP contribution in [0.5, 0.6) is 5.75 Å². The molecule has 1 N–H and O–H groups in total. The quantitative estimate of drug-likeness (QED) is 0.711. The number of benzene rings is 1. The van der Waals surface area contributed by atoms with Crippen molar-refractivity contribution in [2.45, 2.75) is 32.2 Å². The van der Waals surface area contributed by atoms with Gasteiger partial charge in [0.15, 0.2) is 0 Å². The predicted octanol–water partition coefficient (Wildman–Crippen LogP) is 2.79. The smallest absolute Gasteiger partial charge is 0.339 e. The molecule has 0 aliphatic carbocycles. The van der Waals surface area contributed by atoms with E-state index in [4.69, 9.17) is 9.47 Å². The molecule has 0 unspecified atom stereocenters. The van der Waals surface area contributed by atoms with Gasteiger partial charge in [-0.3, -0.25) is 4.90 Å². The molecule has 1 aliphatic heterocycles. The van der Waals surface area contributed by atoms with Gasteiger partial charge < -0.3 is 14.6 Å². The Morgan fingerprint density at radius 2 is 1.95 bits per heavy atom. The molecule has 1 aromatic rings. The maximum Gasteiger partial charge on any atom is 0.339 e. The highest BCUT2D eigenvalue weighted by Crippen LogP contribution is 2.23. The van der Waals surface area contributed by atoms with Crippen molar-refractivity contribution in [1.29, 1.82) is 0 Å². The van der Waals surface area contributed by atoms with E-state index in [0.29, 0.717) is 19.0 Å². The van der Waals surface area contributed by atoms with Crippen LogP contribution in [-0.2, 0) is 11.3 Å². The first kappa shape index (κ1) is 16.8.